The minimum Gasteiger partial charge on any atom is -0.493 e. The number of halogens is 1. The largest absolute Gasteiger partial charge is 0.493 e. The monoisotopic (exact) mass is 306 g/mol. The Labute approximate surface area is 96.2 Å². The molecular formula is C9H11IN2O2. The summed E-state index contributed by atoms with van der Waals surface area (Å²) in [6.07, 6.45) is 1.56. The number of nitrogens with two attached hydrogens (primary N) is 1. The van der Waals surface area contributed by atoms with Crippen LogP contribution in [0.15, 0.2) is 17.2 Å². The SMILES string of the molecule is COc1cc(C=NN)cc(I)c1OC. The van der Waals surface area contributed by atoms with E-state index in [1.807, 2.05) is 12.1 Å². The minimum absolute atomic E-state index is 0.675. The third kappa shape index (κ3) is 2.28. The van der Waals surface area contributed by atoms with Gasteiger partial charge in [-0.25, -0.2) is 0 Å². The summed E-state index contributed by atoms with van der Waals surface area (Å²) in [5.74, 6) is 6.47. The van der Waals surface area contributed by atoms with Crippen molar-refractivity contribution in [2.24, 2.45) is 10.9 Å². The van der Waals surface area contributed by atoms with Crippen LogP contribution >= 0.6 is 22.6 Å². The maximum Gasteiger partial charge on any atom is 0.174 e. The van der Waals surface area contributed by atoms with Crippen LogP contribution in [0.3, 0.4) is 0 Å². The molecule has 1 rings (SSSR count). The van der Waals surface area contributed by atoms with Crippen molar-refractivity contribution in [1.82, 2.24) is 0 Å². The summed E-state index contributed by atoms with van der Waals surface area (Å²) in [5, 5.41) is 3.45. The van der Waals surface area contributed by atoms with E-state index in [0.29, 0.717) is 5.75 Å². The Kier molecular flexibility index (Phi) is 3.99. The number of hydrogen-bond acceptors (Lipinski definition) is 4. The Morgan fingerprint density at radius 3 is 2.57 bits per heavy atom. The fraction of sp³-hybridized carbons (Fsp3) is 0.222. The van der Waals surface area contributed by atoms with Crippen LogP contribution in [0.5, 0.6) is 11.5 Å². The van der Waals surface area contributed by atoms with Crippen LogP contribution in [0.2, 0.25) is 0 Å². The molecule has 0 atom stereocenters. The molecule has 76 valence electrons. The van der Waals surface area contributed by atoms with Gasteiger partial charge in [-0.15, -0.1) is 0 Å². The molecule has 4 nitrogen and oxygen atoms in total. The van der Waals surface area contributed by atoms with Crippen LogP contribution in [0, 0.1) is 3.57 Å². The summed E-state index contributed by atoms with van der Waals surface area (Å²) < 4.78 is 11.3. The molecule has 0 radical (unpaired) electrons. The van der Waals surface area contributed by atoms with Crippen molar-refractivity contribution in [3.8, 4) is 11.5 Å². The number of hydrogen-bond donors (Lipinski definition) is 1. The third-order valence-electron chi connectivity index (χ3n) is 1.68. The molecule has 0 fully saturated rings. The highest BCUT2D eigenvalue weighted by molar-refractivity contribution is 14.1. The zero-order chi connectivity index (χ0) is 10.6. The Hall–Kier alpha value is -0.980. The smallest absolute Gasteiger partial charge is 0.174 e. The molecule has 5 heteroatoms. The molecule has 0 unspecified atom stereocenters. The van der Waals surface area contributed by atoms with Gasteiger partial charge >= 0.3 is 0 Å². The summed E-state index contributed by atoms with van der Waals surface area (Å²) >= 11 is 2.17. The van der Waals surface area contributed by atoms with E-state index in [-0.39, 0.29) is 0 Å². The van der Waals surface area contributed by atoms with Gasteiger partial charge in [0.15, 0.2) is 11.5 Å². The minimum atomic E-state index is 0.675. The fourth-order valence-corrected chi connectivity index (χ4v) is 1.94. The molecule has 0 amide bonds. The lowest BCUT2D eigenvalue weighted by Gasteiger charge is -2.09. The van der Waals surface area contributed by atoms with Crippen LogP contribution in [-0.4, -0.2) is 20.4 Å². The Bertz CT molecular complexity index is 353. The average molecular weight is 306 g/mol. The molecular weight excluding hydrogens is 295 g/mol. The Morgan fingerprint density at radius 2 is 2.07 bits per heavy atom. The standard InChI is InChI=1S/C9H11IN2O2/c1-13-8-4-6(5-12-11)3-7(10)9(8)14-2/h3-5H,11H2,1-2H3. The molecule has 0 spiro atoms. The zero-order valence-corrected chi connectivity index (χ0v) is 10.1. The first-order valence-electron chi connectivity index (χ1n) is 3.87. The van der Waals surface area contributed by atoms with Crippen LogP contribution in [0.4, 0.5) is 0 Å². The number of methoxy groups -OCH3 is 2. The molecule has 0 bridgehead atoms. The Balaban J connectivity index is 3.23. The fourth-order valence-electron chi connectivity index (χ4n) is 1.10. The van der Waals surface area contributed by atoms with Gasteiger partial charge in [-0.05, 0) is 40.3 Å². The summed E-state index contributed by atoms with van der Waals surface area (Å²) in [6.45, 7) is 0. The van der Waals surface area contributed by atoms with E-state index in [1.165, 1.54) is 0 Å². The molecule has 0 saturated carbocycles. The van der Waals surface area contributed by atoms with Crippen molar-refractivity contribution in [3.63, 3.8) is 0 Å². The number of nitrogens with zero attached hydrogens (tertiary/aromatic N) is 1. The van der Waals surface area contributed by atoms with Crippen molar-refractivity contribution in [3.05, 3.63) is 21.3 Å². The molecule has 0 aromatic heterocycles. The zero-order valence-electron chi connectivity index (χ0n) is 7.95. The van der Waals surface area contributed by atoms with Gasteiger partial charge in [0.25, 0.3) is 0 Å². The number of hydrazone groups is 1. The molecule has 2 N–H and O–H groups in total. The molecule has 0 heterocycles. The van der Waals surface area contributed by atoms with Crippen LogP contribution in [-0.2, 0) is 0 Å². The summed E-state index contributed by atoms with van der Waals surface area (Å²) in [4.78, 5) is 0. The lowest BCUT2D eigenvalue weighted by atomic mass is 10.2. The van der Waals surface area contributed by atoms with Crippen molar-refractivity contribution in [2.45, 2.75) is 0 Å². The first kappa shape index (κ1) is 11.1. The summed E-state index contributed by atoms with van der Waals surface area (Å²) in [5.41, 5.74) is 0.884. The van der Waals surface area contributed by atoms with Crippen molar-refractivity contribution in [2.75, 3.05) is 14.2 Å². The van der Waals surface area contributed by atoms with E-state index in [1.54, 1.807) is 20.4 Å². The van der Waals surface area contributed by atoms with Crippen molar-refractivity contribution >= 4 is 28.8 Å². The number of benzene rings is 1. The van der Waals surface area contributed by atoms with E-state index in [9.17, 15) is 0 Å². The highest BCUT2D eigenvalue weighted by Crippen LogP contribution is 2.32. The number of ether oxygens (including phenoxy) is 2. The van der Waals surface area contributed by atoms with E-state index in [4.69, 9.17) is 15.3 Å². The first-order valence-corrected chi connectivity index (χ1v) is 4.95. The highest BCUT2D eigenvalue weighted by Gasteiger charge is 2.09. The second kappa shape index (κ2) is 5.04. The van der Waals surface area contributed by atoms with Gasteiger partial charge in [-0.3, -0.25) is 0 Å². The van der Waals surface area contributed by atoms with Gasteiger partial charge in [0.05, 0.1) is 24.0 Å². The molecule has 1 aromatic rings. The predicted molar refractivity (Wildman–Crippen MR) is 64.0 cm³/mol. The average Bonchev–Trinajstić information content (AvgIpc) is 2.17. The topological polar surface area (TPSA) is 56.8 Å². The summed E-state index contributed by atoms with van der Waals surface area (Å²) in [6, 6.07) is 3.73. The van der Waals surface area contributed by atoms with Gasteiger partial charge in [0.2, 0.25) is 0 Å². The van der Waals surface area contributed by atoms with Crippen LogP contribution < -0.4 is 15.3 Å². The molecule has 0 aliphatic carbocycles. The predicted octanol–water partition coefficient (Wildman–Crippen LogP) is 1.60. The maximum absolute atomic E-state index is 5.19. The highest BCUT2D eigenvalue weighted by atomic mass is 127. The van der Waals surface area contributed by atoms with Gasteiger partial charge < -0.3 is 15.3 Å². The van der Waals surface area contributed by atoms with Gasteiger partial charge in [0, 0.05) is 0 Å². The Morgan fingerprint density at radius 1 is 1.36 bits per heavy atom. The van der Waals surface area contributed by atoms with E-state index in [2.05, 4.69) is 27.7 Å². The quantitative estimate of drug-likeness (QED) is 0.399. The van der Waals surface area contributed by atoms with Crippen LogP contribution in [0.25, 0.3) is 0 Å². The molecule has 0 saturated heterocycles. The van der Waals surface area contributed by atoms with E-state index >= 15 is 0 Å². The summed E-state index contributed by atoms with van der Waals surface area (Å²) in [7, 11) is 3.20. The lowest BCUT2D eigenvalue weighted by molar-refractivity contribution is 0.353. The van der Waals surface area contributed by atoms with Gasteiger partial charge in [-0.2, -0.15) is 5.10 Å². The van der Waals surface area contributed by atoms with Gasteiger partial charge in [-0.1, -0.05) is 0 Å². The lowest BCUT2D eigenvalue weighted by Crippen LogP contribution is -1.96. The normalized spacial score (nSPS) is 10.5. The van der Waals surface area contributed by atoms with Crippen molar-refractivity contribution < 1.29 is 9.47 Å². The number of rotatable bonds is 3. The molecule has 0 aliphatic rings. The second-order valence-electron chi connectivity index (χ2n) is 2.52. The second-order valence-corrected chi connectivity index (χ2v) is 3.68. The molecule has 14 heavy (non-hydrogen) atoms. The maximum atomic E-state index is 5.19. The van der Waals surface area contributed by atoms with Gasteiger partial charge in [0.1, 0.15) is 0 Å². The van der Waals surface area contributed by atoms with E-state index in [0.717, 1.165) is 14.9 Å². The molecule has 1 aromatic carbocycles. The van der Waals surface area contributed by atoms with Crippen molar-refractivity contribution in [1.29, 1.82) is 0 Å². The third-order valence-corrected chi connectivity index (χ3v) is 2.48. The first-order chi connectivity index (χ1) is 6.72. The molecule has 0 aliphatic heterocycles. The van der Waals surface area contributed by atoms with E-state index < -0.39 is 0 Å². The van der Waals surface area contributed by atoms with Crippen LogP contribution in [0.1, 0.15) is 5.56 Å².